The minimum atomic E-state index is 0.237. The molecule has 0 spiro atoms. The summed E-state index contributed by atoms with van der Waals surface area (Å²) in [5, 5.41) is 0. The Hall–Kier alpha value is -0.570. The van der Waals surface area contributed by atoms with Gasteiger partial charge in [-0.2, -0.15) is 0 Å². The summed E-state index contributed by atoms with van der Waals surface area (Å²) >= 11 is 0. The zero-order valence-electron chi connectivity index (χ0n) is 9.04. The maximum absolute atomic E-state index is 11.2. The minimum Gasteiger partial charge on any atom is -0.342 e. The Kier molecular flexibility index (Phi) is 3.06. The molecule has 0 bridgehead atoms. The second-order valence-corrected chi connectivity index (χ2v) is 4.48. The molecule has 0 N–H and O–H groups in total. The third-order valence-corrected chi connectivity index (χ3v) is 3.57. The number of hydrogen-bond acceptors (Lipinski definition) is 2. The van der Waals surface area contributed by atoms with Gasteiger partial charge in [-0.3, -0.25) is 9.69 Å². The normalized spacial score (nSPS) is 25.6. The highest BCUT2D eigenvalue weighted by molar-refractivity contribution is 5.73. The van der Waals surface area contributed by atoms with E-state index in [9.17, 15) is 4.79 Å². The summed E-state index contributed by atoms with van der Waals surface area (Å²) in [6.07, 6.45) is 5.30. The van der Waals surface area contributed by atoms with Gasteiger partial charge in [-0.25, -0.2) is 0 Å². The monoisotopic (exact) mass is 196 g/mol. The van der Waals surface area contributed by atoms with Crippen LogP contribution in [0.1, 0.15) is 32.6 Å². The van der Waals surface area contributed by atoms with Crippen LogP contribution < -0.4 is 0 Å². The van der Waals surface area contributed by atoms with Crippen LogP contribution >= 0.6 is 0 Å². The van der Waals surface area contributed by atoms with Crippen LogP contribution in [0.25, 0.3) is 0 Å². The Bertz CT molecular complexity index is 213. The average molecular weight is 196 g/mol. The molecular formula is C11H20N2O. The van der Waals surface area contributed by atoms with Crippen LogP contribution in [0.2, 0.25) is 0 Å². The molecule has 1 saturated heterocycles. The van der Waals surface area contributed by atoms with Crippen molar-refractivity contribution in [2.75, 3.05) is 26.2 Å². The fourth-order valence-electron chi connectivity index (χ4n) is 2.37. The van der Waals surface area contributed by atoms with Gasteiger partial charge in [-0.15, -0.1) is 0 Å². The summed E-state index contributed by atoms with van der Waals surface area (Å²) in [5.74, 6) is 0.237. The molecule has 1 amide bonds. The van der Waals surface area contributed by atoms with Crippen molar-refractivity contribution in [3.05, 3.63) is 0 Å². The molecule has 14 heavy (non-hydrogen) atoms. The Morgan fingerprint density at radius 1 is 1.07 bits per heavy atom. The Morgan fingerprint density at radius 3 is 2.43 bits per heavy atom. The fraction of sp³-hybridized carbons (Fsp3) is 0.909. The predicted octanol–water partition coefficient (Wildman–Crippen LogP) is 1.09. The summed E-state index contributed by atoms with van der Waals surface area (Å²) in [4.78, 5) is 15.8. The first kappa shape index (κ1) is 9.97. The largest absolute Gasteiger partial charge is 0.342 e. The van der Waals surface area contributed by atoms with Crippen molar-refractivity contribution in [1.82, 2.24) is 9.80 Å². The van der Waals surface area contributed by atoms with Crippen LogP contribution in [0.5, 0.6) is 0 Å². The predicted molar refractivity (Wildman–Crippen MR) is 56.1 cm³/mol. The highest BCUT2D eigenvalue weighted by Gasteiger charge is 2.26. The molecule has 1 heterocycles. The lowest BCUT2D eigenvalue weighted by atomic mass is 9.91. The first-order valence-corrected chi connectivity index (χ1v) is 5.77. The van der Waals surface area contributed by atoms with Crippen molar-refractivity contribution < 1.29 is 4.79 Å². The van der Waals surface area contributed by atoms with E-state index in [-0.39, 0.29) is 5.91 Å². The van der Waals surface area contributed by atoms with E-state index in [1.165, 1.54) is 25.8 Å². The zero-order chi connectivity index (χ0) is 9.97. The summed E-state index contributed by atoms with van der Waals surface area (Å²) in [6, 6.07) is 0.835. The molecule has 2 aliphatic rings. The van der Waals surface area contributed by atoms with Crippen molar-refractivity contribution in [1.29, 1.82) is 0 Å². The van der Waals surface area contributed by atoms with Crippen LogP contribution in [-0.2, 0) is 4.79 Å². The van der Waals surface area contributed by atoms with E-state index in [0.717, 1.165) is 32.1 Å². The molecule has 0 aromatic heterocycles. The number of amides is 1. The third kappa shape index (κ3) is 2.08. The number of carbonyl (C=O) groups is 1. The van der Waals surface area contributed by atoms with Crippen molar-refractivity contribution in [3.63, 3.8) is 0 Å². The lowest BCUT2D eigenvalue weighted by molar-refractivity contribution is -0.128. The molecule has 2 rings (SSSR count). The molecule has 3 heteroatoms. The molecule has 1 aliphatic carbocycles. The van der Waals surface area contributed by atoms with Gasteiger partial charge in [0.25, 0.3) is 0 Å². The molecule has 0 aromatic rings. The maximum Gasteiger partial charge on any atom is 0.219 e. The fourth-order valence-corrected chi connectivity index (χ4v) is 2.37. The van der Waals surface area contributed by atoms with E-state index in [4.69, 9.17) is 0 Å². The first-order chi connectivity index (χ1) is 6.77. The Labute approximate surface area is 86.1 Å². The van der Waals surface area contributed by atoms with Gasteiger partial charge in [0.05, 0.1) is 0 Å². The molecule has 0 radical (unpaired) electrons. The smallest absolute Gasteiger partial charge is 0.219 e. The molecule has 1 saturated carbocycles. The second-order valence-electron chi connectivity index (χ2n) is 4.48. The summed E-state index contributed by atoms with van der Waals surface area (Å²) in [6.45, 7) is 5.85. The van der Waals surface area contributed by atoms with Gasteiger partial charge in [-0.05, 0) is 19.3 Å². The van der Waals surface area contributed by atoms with Gasteiger partial charge in [0.1, 0.15) is 0 Å². The van der Waals surface area contributed by atoms with Crippen molar-refractivity contribution in [2.45, 2.75) is 38.6 Å². The maximum atomic E-state index is 11.2. The third-order valence-electron chi connectivity index (χ3n) is 3.57. The van der Waals surface area contributed by atoms with Crippen LogP contribution in [0.15, 0.2) is 0 Å². The van der Waals surface area contributed by atoms with E-state index in [1.54, 1.807) is 6.92 Å². The highest BCUT2D eigenvalue weighted by Crippen LogP contribution is 2.25. The van der Waals surface area contributed by atoms with Gasteiger partial charge in [0.15, 0.2) is 0 Å². The van der Waals surface area contributed by atoms with Crippen molar-refractivity contribution >= 4 is 5.91 Å². The van der Waals surface area contributed by atoms with Crippen LogP contribution in [-0.4, -0.2) is 47.9 Å². The van der Waals surface area contributed by atoms with Crippen molar-refractivity contribution in [3.8, 4) is 0 Å². The standard InChI is InChI=1S/C11H20N2O/c1-10(14)12-6-3-7-13(9-8-12)11-4-2-5-11/h11H,2-9H2,1H3. The molecule has 0 aromatic carbocycles. The van der Waals surface area contributed by atoms with Crippen LogP contribution in [0, 0.1) is 0 Å². The number of rotatable bonds is 1. The average Bonchev–Trinajstić information content (AvgIpc) is 2.26. The summed E-state index contributed by atoms with van der Waals surface area (Å²) < 4.78 is 0. The lowest BCUT2D eigenvalue weighted by Gasteiger charge is -2.36. The number of carbonyl (C=O) groups excluding carboxylic acids is 1. The number of nitrogens with zero attached hydrogens (tertiary/aromatic N) is 2. The topological polar surface area (TPSA) is 23.6 Å². The van der Waals surface area contributed by atoms with E-state index in [1.807, 2.05) is 4.90 Å². The van der Waals surface area contributed by atoms with Crippen LogP contribution in [0.4, 0.5) is 0 Å². The molecule has 0 atom stereocenters. The van der Waals surface area contributed by atoms with E-state index >= 15 is 0 Å². The SMILES string of the molecule is CC(=O)N1CCCN(C2CCC2)CC1. The molecule has 3 nitrogen and oxygen atoms in total. The molecule has 2 fully saturated rings. The molecular weight excluding hydrogens is 176 g/mol. The van der Waals surface area contributed by atoms with E-state index in [2.05, 4.69) is 4.90 Å². The van der Waals surface area contributed by atoms with E-state index < -0.39 is 0 Å². The molecule has 1 aliphatic heterocycles. The van der Waals surface area contributed by atoms with Gasteiger partial charge >= 0.3 is 0 Å². The van der Waals surface area contributed by atoms with Crippen LogP contribution in [0.3, 0.4) is 0 Å². The van der Waals surface area contributed by atoms with Gasteiger partial charge in [0, 0.05) is 39.1 Å². The number of hydrogen-bond donors (Lipinski definition) is 0. The Balaban J connectivity index is 1.84. The molecule has 80 valence electrons. The Morgan fingerprint density at radius 2 is 1.86 bits per heavy atom. The van der Waals surface area contributed by atoms with Gasteiger partial charge in [-0.1, -0.05) is 6.42 Å². The van der Waals surface area contributed by atoms with Gasteiger partial charge < -0.3 is 4.90 Å². The first-order valence-electron chi connectivity index (χ1n) is 5.77. The second kappa shape index (κ2) is 4.30. The van der Waals surface area contributed by atoms with Gasteiger partial charge in [0.2, 0.25) is 5.91 Å². The summed E-state index contributed by atoms with van der Waals surface area (Å²) in [5.41, 5.74) is 0. The highest BCUT2D eigenvalue weighted by atomic mass is 16.2. The minimum absolute atomic E-state index is 0.237. The quantitative estimate of drug-likeness (QED) is 0.627. The van der Waals surface area contributed by atoms with Crippen molar-refractivity contribution in [2.24, 2.45) is 0 Å². The van der Waals surface area contributed by atoms with E-state index in [0.29, 0.717) is 0 Å². The zero-order valence-corrected chi connectivity index (χ0v) is 9.04. The molecule has 0 unspecified atom stereocenters. The lowest BCUT2D eigenvalue weighted by Crippen LogP contribution is -2.42. The summed E-state index contributed by atoms with van der Waals surface area (Å²) in [7, 11) is 0.